The minimum absolute atomic E-state index is 0.463. The maximum absolute atomic E-state index is 4.55. The van der Waals surface area contributed by atoms with E-state index in [9.17, 15) is 0 Å². The molecule has 19 heavy (non-hydrogen) atoms. The minimum atomic E-state index is 0.463. The Balaban J connectivity index is 1.60. The van der Waals surface area contributed by atoms with Crippen molar-refractivity contribution < 1.29 is 0 Å². The van der Waals surface area contributed by atoms with Gasteiger partial charge in [-0.1, -0.05) is 20.8 Å². The SMILES string of the molecule is Cc1nc(CCNC2C3(C)CCC(C3)C2(C)C)cs1. The largest absolute Gasteiger partial charge is 0.313 e. The van der Waals surface area contributed by atoms with Crippen LogP contribution in [-0.2, 0) is 6.42 Å². The van der Waals surface area contributed by atoms with Gasteiger partial charge < -0.3 is 5.32 Å². The lowest BCUT2D eigenvalue weighted by Crippen LogP contribution is -2.50. The predicted molar refractivity (Wildman–Crippen MR) is 81.6 cm³/mol. The summed E-state index contributed by atoms with van der Waals surface area (Å²) in [6, 6.07) is 0.679. The molecule has 0 saturated heterocycles. The van der Waals surface area contributed by atoms with Gasteiger partial charge in [0, 0.05) is 24.4 Å². The highest BCUT2D eigenvalue weighted by atomic mass is 32.1. The van der Waals surface area contributed by atoms with E-state index in [1.165, 1.54) is 30.0 Å². The Morgan fingerprint density at radius 1 is 1.42 bits per heavy atom. The number of nitrogens with zero attached hydrogens (tertiary/aromatic N) is 1. The van der Waals surface area contributed by atoms with Gasteiger partial charge in [-0.2, -0.15) is 0 Å². The summed E-state index contributed by atoms with van der Waals surface area (Å²) >= 11 is 1.76. The van der Waals surface area contributed by atoms with Crippen LogP contribution in [0.5, 0.6) is 0 Å². The molecule has 3 rings (SSSR count). The van der Waals surface area contributed by atoms with Crippen LogP contribution < -0.4 is 5.32 Å². The van der Waals surface area contributed by atoms with Gasteiger partial charge in [0.2, 0.25) is 0 Å². The topological polar surface area (TPSA) is 24.9 Å². The second-order valence-corrected chi connectivity index (χ2v) is 8.47. The van der Waals surface area contributed by atoms with E-state index in [2.05, 4.69) is 43.4 Å². The van der Waals surface area contributed by atoms with Gasteiger partial charge in [-0.05, 0) is 42.9 Å². The third-order valence-electron chi connectivity index (χ3n) is 5.67. The van der Waals surface area contributed by atoms with Crippen molar-refractivity contribution >= 4 is 11.3 Å². The number of aryl methyl sites for hydroxylation is 1. The Hall–Kier alpha value is -0.410. The smallest absolute Gasteiger partial charge is 0.0897 e. The highest BCUT2D eigenvalue weighted by Gasteiger charge is 2.58. The first kappa shape index (κ1) is 13.6. The number of thiazole rings is 1. The fourth-order valence-corrected chi connectivity index (χ4v) is 5.33. The van der Waals surface area contributed by atoms with Gasteiger partial charge in [0.1, 0.15) is 0 Å². The Morgan fingerprint density at radius 2 is 2.21 bits per heavy atom. The zero-order chi connectivity index (χ0) is 13.7. The van der Waals surface area contributed by atoms with Crippen molar-refractivity contribution in [1.29, 1.82) is 0 Å². The van der Waals surface area contributed by atoms with E-state index in [4.69, 9.17) is 0 Å². The lowest BCUT2D eigenvalue weighted by Gasteiger charge is -2.43. The molecule has 2 aliphatic carbocycles. The van der Waals surface area contributed by atoms with Crippen LogP contribution in [0.25, 0.3) is 0 Å². The molecule has 3 atom stereocenters. The molecule has 2 aliphatic rings. The second kappa shape index (κ2) is 4.56. The lowest BCUT2D eigenvalue weighted by atomic mass is 9.68. The average molecular weight is 278 g/mol. The summed E-state index contributed by atoms with van der Waals surface area (Å²) < 4.78 is 0. The third kappa shape index (κ3) is 2.25. The Bertz CT molecular complexity index is 460. The first-order valence-electron chi connectivity index (χ1n) is 7.56. The molecule has 0 aromatic carbocycles. The van der Waals surface area contributed by atoms with Crippen LogP contribution in [0.2, 0.25) is 0 Å². The average Bonchev–Trinajstić information content (AvgIpc) is 2.95. The summed E-state index contributed by atoms with van der Waals surface area (Å²) in [5.74, 6) is 0.927. The highest BCUT2D eigenvalue weighted by Crippen LogP contribution is 2.62. The molecule has 0 amide bonds. The van der Waals surface area contributed by atoms with Crippen LogP contribution in [-0.4, -0.2) is 17.6 Å². The molecule has 0 aliphatic heterocycles. The number of nitrogens with one attached hydrogen (secondary N) is 1. The number of rotatable bonds is 4. The van der Waals surface area contributed by atoms with E-state index in [0.717, 1.165) is 18.9 Å². The minimum Gasteiger partial charge on any atom is -0.313 e. The molecule has 1 N–H and O–H groups in total. The Labute approximate surface area is 121 Å². The molecule has 2 bridgehead atoms. The summed E-state index contributed by atoms with van der Waals surface area (Å²) in [5.41, 5.74) is 2.25. The van der Waals surface area contributed by atoms with Gasteiger partial charge in [0.25, 0.3) is 0 Å². The summed E-state index contributed by atoms with van der Waals surface area (Å²) in [6.45, 7) is 10.6. The number of hydrogen-bond donors (Lipinski definition) is 1. The number of hydrogen-bond acceptors (Lipinski definition) is 3. The van der Waals surface area contributed by atoms with Crippen LogP contribution in [0.1, 0.15) is 50.7 Å². The second-order valence-electron chi connectivity index (χ2n) is 7.41. The van der Waals surface area contributed by atoms with Gasteiger partial charge in [0.15, 0.2) is 0 Å². The standard InChI is InChI=1S/C16H26N2S/c1-11-18-13(10-19-11)6-8-17-14-15(2,3)12-5-7-16(14,4)9-12/h10,12,14,17H,5-9H2,1-4H3. The van der Waals surface area contributed by atoms with Crippen LogP contribution in [0.15, 0.2) is 5.38 Å². The molecular weight excluding hydrogens is 252 g/mol. The summed E-state index contributed by atoms with van der Waals surface area (Å²) in [7, 11) is 0. The maximum Gasteiger partial charge on any atom is 0.0897 e. The predicted octanol–water partition coefficient (Wildman–Crippen LogP) is 3.80. The van der Waals surface area contributed by atoms with Gasteiger partial charge in [0.05, 0.1) is 10.7 Å². The molecule has 106 valence electrons. The molecule has 0 spiro atoms. The molecule has 0 radical (unpaired) electrons. The van der Waals surface area contributed by atoms with E-state index >= 15 is 0 Å². The number of aromatic nitrogens is 1. The summed E-state index contributed by atoms with van der Waals surface area (Å²) in [6.07, 6.45) is 5.34. The Morgan fingerprint density at radius 3 is 2.79 bits per heavy atom. The third-order valence-corrected chi connectivity index (χ3v) is 6.49. The molecular formula is C16H26N2S. The van der Waals surface area contributed by atoms with Gasteiger partial charge in [-0.25, -0.2) is 4.98 Å². The van der Waals surface area contributed by atoms with Crippen molar-refractivity contribution in [3.05, 3.63) is 16.1 Å². The van der Waals surface area contributed by atoms with E-state index in [-0.39, 0.29) is 0 Å². The van der Waals surface area contributed by atoms with Crippen molar-refractivity contribution in [2.75, 3.05) is 6.54 Å². The first-order chi connectivity index (χ1) is 8.92. The number of fused-ring (bicyclic) bond motifs is 2. The zero-order valence-electron chi connectivity index (χ0n) is 12.6. The highest BCUT2D eigenvalue weighted by molar-refractivity contribution is 7.09. The van der Waals surface area contributed by atoms with Crippen molar-refractivity contribution in [1.82, 2.24) is 10.3 Å². The summed E-state index contributed by atoms with van der Waals surface area (Å²) in [5, 5.41) is 7.25. The normalized spacial score (nSPS) is 36.0. The van der Waals surface area contributed by atoms with E-state index in [1.807, 2.05) is 0 Å². The fraction of sp³-hybridized carbons (Fsp3) is 0.812. The molecule has 1 aromatic heterocycles. The van der Waals surface area contributed by atoms with Crippen molar-refractivity contribution in [2.45, 2.75) is 59.4 Å². The molecule has 1 aromatic rings. The zero-order valence-corrected chi connectivity index (χ0v) is 13.4. The van der Waals surface area contributed by atoms with Gasteiger partial charge >= 0.3 is 0 Å². The molecule has 2 fully saturated rings. The van der Waals surface area contributed by atoms with Crippen molar-refractivity contribution in [2.24, 2.45) is 16.7 Å². The maximum atomic E-state index is 4.55. The fourth-order valence-electron chi connectivity index (χ4n) is 4.68. The molecule has 3 heteroatoms. The molecule has 2 saturated carbocycles. The quantitative estimate of drug-likeness (QED) is 0.906. The van der Waals surface area contributed by atoms with Crippen molar-refractivity contribution in [3.63, 3.8) is 0 Å². The van der Waals surface area contributed by atoms with Crippen LogP contribution >= 0.6 is 11.3 Å². The van der Waals surface area contributed by atoms with Crippen LogP contribution in [0, 0.1) is 23.7 Å². The van der Waals surface area contributed by atoms with Crippen molar-refractivity contribution in [3.8, 4) is 0 Å². The molecule has 3 unspecified atom stereocenters. The Kier molecular flexibility index (Phi) is 3.25. The molecule has 1 heterocycles. The van der Waals surface area contributed by atoms with Gasteiger partial charge in [-0.3, -0.25) is 0 Å². The van der Waals surface area contributed by atoms with Crippen LogP contribution in [0.4, 0.5) is 0 Å². The van der Waals surface area contributed by atoms with Gasteiger partial charge in [-0.15, -0.1) is 11.3 Å². The van der Waals surface area contributed by atoms with E-state index in [0.29, 0.717) is 16.9 Å². The van der Waals surface area contributed by atoms with E-state index in [1.54, 1.807) is 11.3 Å². The molecule has 2 nitrogen and oxygen atoms in total. The summed E-state index contributed by atoms with van der Waals surface area (Å²) in [4.78, 5) is 4.55. The lowest BCUT2D eigenvalue weighted by molar-refractivity contribution is 0.110. The van der Waals surface area contributed by atoms with E-state index < -0.39 is 0 Å². The first-order valence-corrected chi connectivity index (χ1v) is 8.44. The monoisotopic (exact) mass is 278 g/mol. The van der Waals surface area contributed by atoms with Crippen LogP contribution in [0.3, 0.4) is 0 Å².